The maximum atomic E-state index is 14.0. The smallest absolute Gasteiger partial charge is 0.259 e. The molecule has 0 bridgehead atoms. The molecule has 0 fully saturated rings. The normalized spacial score (nSPS) is 16.7. The van der Waals surface area contributed by atoms with Crippen LogP contribution in [0.2, 0.25) is 0 Å². The number of amides is 1. The molecular weight excluding hydrogens is 476 g/mol. The van der Waals surface area contributed by atoms with Gasteiger partial charge in [0.25, 0.3) is 5.91 Å². The molecule has 1 amide bonds. The van der Waals surface area contributed by atoms with Crippen LogP contribution >= 0.6 is 0 Å². The highest BCUT2D eigenvalue weighted by Crippen LogP contribution is 2.56. The van der Waals surface area contributed by atoms with Crippen molar-refractivity contribution < 1.29 is 14.3 Å². The summed E-state index contributed by atoms with van der Waals surface area (Å²) in [5.41, 5.74) is 5.57. The zero-order valence-electron chi connectivity index (χ0n) is 20.9. The molecule has 38 heavy (non-hydrogen) atoms. The predicted octanol–water partition coefficient (Wildman–Crippen LogP) is 5.84. The van der Waals surface area contributed by atoms with Crippen molar-refractivity contribution in [1.82, 2.24) is 9.78 Å². The second kappa shape index (κ2) is 8.24. The summed E-state index contributed by atoms with van der Waals surface area (Å²) in [6, 6.07) is 31.6. The molecule has 0 unspecified atom stereocenters. The number of carbonyl (C=O) groups excluding carboxylic acids is 1. The fourth-order valence-corrected chi connectivity index (χ4v) is 5.63. The van der Waals surface area contributed by atoms with Gasteiger partial charge in [0.15, 0.2) is 17.0 Å². The number of rotatable bonds is 4. The van der Waals surface area contributed by atoms with E-state index in [0.29, 0.717) is 11.5 Å². The Bertz CT molecular complexity index is 1710. The quantitative estimate of drug-likeness (QED) is 0.324. The average molecular weight is 501 g/mol. The first kappa shape index (κ1) is 22.2. The number of methoxy groups -OCH3 is 2. The summed E-state index contributed by atoms with van der Waals surface area (Å²) in [7, 11) is 3.22. The Labute approximate surface area is 219 Å². The van der Waals surface area contributed by atoms with Crippen LogP contribution in [0.25, 0.3) is 28.1 Å². The number of fused-ring (bicyclic) bond motifs is 6. The first-order valence-corrected chi connectivity index (χ1v) is 12.4. The number of hydrogen-bond donors (Lipinski definition) is 2. The fraction of sp³-hybridized carbons (Fsp3) is 0.0968. The number of nitrogens with one attached hydrogen (secondary N) is 2. The summed E-state index contributed by atoms with van der Waals surface area (Å²) >= 11 is 0. The molecule has 1 atom stereocenters. The lowest BCUT2D eigenvalue weighted by atomic mass is 9.76. The summed E-state index contributed by atoms with van der Waals surface area (Å²) in [6.45, 7) is 0. The summed E-state index contributed by atoms with van der Waals surface area (Å²) in [5, 5.41) is 11.9. The van der Waals surface area contributed by atoms with E-state index < -0.39 is 5.54 Å². The van der Waals surface area contributed by atoms with E-state index in [1.165, 1.54) is 0 Å². The van der Waals surface area contributed by atoms with E-state index >= 15 is 0 Å². The van der Waals surface area contributed by atoms with Gasteiger partial charge in [0.05, 0.1) is 25.5 Å². The van der Waals surface area contributed by atoms with Gasteiger partial charge < -0.3 is 20.1 Å². The number of hydrogen-bond acceptors (Lipinski definition) is 5. The summed E-state index contributed by atoms with van der Waals surface area (Å²) < 4.78 is 13.3. The van der Waals surface area contributed by atoms with Gasteiger partial charge in [-0.3, -0.25) is 4.79 Å². The van der Waals surface area contributed by atoms with Gasteiger partial charge in [0, 0.05) is 22.4 Å². The third-order valence-corrected chi connectivity index (χ3v) is 7.36. The highest BCUT2D eigenvalue weighted by molar-refractivity contribution is 6.14. The van der Waals surface area contributed by atoms with Gasteiger partial charge in [-0.25, -0.2) is 4.68 Å². The van der Waals surface area contributed by atoms with Crippen molar-refractivity contribution in [3.05, 3.63) is 108 Å². The molecule has 7 rings (SSSR count). The molecular formula is C31H24N4O3. The molecule has 186 valence electrons. The van der Waals surface area contributed by atoms with Crippen LogP contribution in [-0.4, -0.2) is 29.9 Å². The third-order valence-electron chi connectivity index (χ3n) is 7.36. The lowest BCUT2D eigenvalue weighted by molar-refractivity contribution is -0.118. The lowest BCUT2D eigenvalue weighted by Crippen LogP contribution is -2.46. The van der Waals surface area contributed by atoms with Crippen LogP contribution in [0.4, 0.5) is 11.5 Å². The molecule has 7 nitrogen and oxygen atoms in total. The van der Waals surface area contributed by atoms with Crippen LogP contribution in [0.5, 0.6) is 11.5 Å². The number of benzene rings is 4. The number of nitrogens with zero attached hydrogens (tertiary/aromatic N) is 2. The molecule has 2 aliphatic rings. The first-order valence-electron chi connectivity index (χ1n) is 12.4. The molecule has 1 aromatic heterocycles. The van der Waals surface area contributed by atoms with Crippen molar-refractivity contribution in [2.24, 2.45) is 0 Å². The highest BCUT2D eigenvalue weighted by Gasteiger charge is 2.53. The van der Waals surface area contributed by atoms with Crippen LogP contribution in [0.15, 0.2) is 97.1 Å². The molecule has 7 heteroatoms. The maximum absolute atomic E-state index is 14.0. The fourth-order valence-electron chi connectivity index (χ4n) is 5.63. The van der Waals surface area contributed by atoms with Crippen LogP contribution in [-0.2, 0) is 10.3 Å². The topological polar surface area (TPSA) is 77.4 Å². The van der Waals surface area contributed by atoms with E-state index in [2.05, 4.69) is 10.6 Å². The number of para-hydroxylation sites is 2. The molecule has 0 radical (unpaired) electrons. The molecule has 4 aromatic carbocycles. The van der Waals surface area contributed by atoms with Crippen molar-refractivity contribution >= 4 is 17.4 Å². The Morgan fingerprint density at radius 2 is 1.45 bits per heavy atom. The lowest BCUT2D eigenvalue weighted by Gasteiger charge is -2.37. The molecule has 0 saturated carbocycles. The minimum absolute atomic E-state index is 0.167. The summed E-state index contributed by atoms with van der Waals surface area (Å²) in [4.78, 5) is 14.0. The van der Waals surface area contributed by atoms with Crippen LogP contribution in [0.3, 0.4) is 0 Å². The van der Waals surface area contributed by atoms with Crippen LogP contribution in [0.1, 0.15) is 11.1 Å². The molecule has 5 aromatic rings. The van der Waals surface area contributed by atoms with Gasteiger partial charge in [-0.2, -0.15) is 5.10 Å². The van der Waals surface area contributed by atoms with Crippen LogP contribution in [0, 0.1) is 0 Å². The van der Waals surface area contributed by atoms with E-state index in [-0.39, 0.29) is 5.91 Å². The van der Waals surface area contributed by atoms with Gasteiger partial charge in [0.2, 0.25) is 0 Å². The molecule has 3 heterocycles. The molecule has 2 aliphatic heterocycles. The van der Waals surface area contributed by atoms with E-state index in [1.54, 1.807) is 14.2 Å². The van der Waals surface area contributed by atoms with E-state index in [9.17, 15) is 4.79 Å². The van der Waals surface area contributed by atoms with Gasteiger partial charge in [-0.15, -0.1) is 0 Å². The number of carbonyl (C=O) groups is 1. The van der Waals surface area contributed by atoms with E-state index in [4.69, 9.17) is 14.6 Å². The number of ether oxygens (including phenoxy) is 2. The van der Waals surface area contributed by atoms with Gasteiger partial charge in [-0.1, -0.05) is 66.7 Å². The predicted molar refractivity (Wildman–Crippen MR) is 147 cm³/mol. The van der Waals surface area contributed by atoms with Gasteiger partial charge in [-0.05, 0) is 35.9 Å². The van der Waals surface area contributed by atoms with Crippen molar-refractivity contribution in [2.45, 2.75) is 5.54 Å². The Balaban J connectivity index is 1.62. The second-order valence-electron chi connectivity index (χ2n) is 9.31. The zero-order chi connectivity index (χ0) is 25.9. The third kappa shape index (κ3) is 2.96. The van der Waals surface area contributed by atoms with E-state index in [1.807, 2.05) is 102 Å². The zero-order valence-corrected chi connectivity index (χ0v) is 20.9. The summed E-state index contributed by atoms with van der Waals surface area (Å²) in [5.74, 6) is 1.68. The minimum atomic E-state index is -1.20. The van der Waals surface area contributed by atoms with Gasteiger partial charge in [0.1, 0.15) is 11.5 Å². The monoisotopic (exact) mass is 500 g/mol. The standard InChI is InChI=1S/C31H24N4O3/c1-37-25-17-21-23(18-26(25)38-2)31(22-15-9-10-16-24(22)32-30(31)36)33-29-27(21)28(19-11-5-3-6-12-19)34-35(29)20-13-7-4-8-14-20/h3-18,33H,1-2H3,(H,32,36)/t31-/m1/s1. The Morgan fingerprint density at radius 1 is 0.789 bits per heavy atom. The Kier molecular flexibility index (Phi) is 4.81. The van der Waals surface area contributed by atoms with Crippen molar-refractivity contribution in [1.29, 1.82) is 0 Å². The molecule has 0 saturated heterocycles. The first-order chi connectivity index (χ1) is 18.7. The Morgan fingerprint density at radius 3 is 2.18 bits per heavy atom. The van der Waals surface area contributed by atoms with Crippen molar-refractivity contribution in [2.75, 3.05) is 24.9 Å². The minimum Gasteiger partial charge on any atom is -0.493 e. The molecule has 0 aliphatic carbocycles. The number of anilines is 2. The number of aromatic nitrogens is 2. The molecule has 1 spiro atoms. The maximum Gasteiger partial charge on any atom is 0.259 e. The van der Waals surface area contributed by atoms with Gasteiger partial charge >= 0.3 is 0 Å². The highest BCUT2D eigenvalue weighted by atomic mass is 16.5. The Hall–Kier alpha value is -5.04. The second-order valence-corrected chi connectivity index (χ2v) is 9.31. The van der Waals surface area contributed by atoms with Crippen molar-refractivity contribution in [3.63, 3.8) is 0 Å². The molecule has 2 N–H and O–H groups in total. The largest absolute Gasteiger partial charge is 0.493 e. The SMILES string of the molecule is COc1cc2c(cc1OC)[C@@]1(Nc3c-2c(-c2ccccc2)nn3-c2ccccc2)C(=O)Nc2ccccc21. The van der Waals surface area contributed by atoms with E-state index in [0.717, 1.165) is 50.7 Å². The van der Waals surface area contributed by atoms with Crippen LogP contribution < -0.4 is 20.1 Å². The average Bonchev–Trinajstić information content (AvgIpc) is 3.49. The summed E-state index contributed by atoms with van der Waals surface area (Å²) in [6.07, 6.45) is 0. The van der Waals surface area contributed by atoms with Crippen molar-refractivity contribution in [3.8, 4) is 39.6 Å².